The van der Waals surface area contributed by atoms with Gasteiger partial charge in [-0.1, -0.05) is 0 Å². The number of carbonyl (C=O) groups excluding carboxylic acids is 2. The van der Waals surface area contributed by atoms with Crippen LogP contribution in [0.3, 0.4) is 0 Å². The molecule has 1 aromatic carbocycles. The third kappa shape index (κ3) is 3.90. The van der Waals surface area contributed by atoms with Gasteiger partial charge in [-0.2, -0.15) is 0 Å². The van der Waals surface area contributed by atoms with Gasteiger partial charge in [0.2, 0.25) is 5.91 Å². The van der Waals surface area contributed by atoms with Crippen LogP contribution in [-0.4, -0.2) is 58.1 Å². The molecular formula is C24H23N7O3. The number of anilines is 2. The molecule has 0 unspecified atom stereocenters. The molecular weight excluding hydrogens is 434 g/mol. The van der Waals surface area contributed by atoms with Crippen molar-refractivity contribution in [3.05, 3.63) is 60.3 Å². The lowest BCUT2D eigenvalue weighted by atomic mass is 10.2. The molecule has 1 saturated heterocycles. The first kappa shape index (κ1) is 21.4. The van der Waals surface area contributed by atoms with Crippen LogP contribution >= 0.6 is 0 Å². The Balaban J connectivity index is 1.67. The number of ether oxygens (including phenoxy) is 1. The fraction of sp³-hybridized carbons (Fsp3) is 0.208. The molecule has 0 radical (unpaired) electrons. The van der Waals surface area contributed by atoms with Gasteiger partial charge in [0, 0.05) is 37.9 Å². The molecule has 0 saturated carbocycles. The smallest absolute Gasteiger partial charge is 0.337 e. The Hall–Kier alpha value is -4.47. The number of hydrogen-bond acceptors (Lipinski definition) is 8. The van der Waals surface area contributed by atoms with Gasteiger partial charge in [0.1, 0.15) is 17.2 Å². The molecule has 3 N–H and O–H groups in total. The van der Waals surface area contributed by atoms with Crippen molar-refractivity contribution in [3.8, 4) is 17.1 Å². The van der Waals surface area contributed by atoms with Crippen LogP contribution in [0.4, 0.5) is 11.6 Å². The largest absolute Gasteiger partial charge is 0.465 e. The fourth-order valence-electron chi connectivity index (χ4n) is 4.02. The fourth-order valence-corrected chi connectivity index (χ4v) is 4.02. The van der Waals surface area contributed by atoms with Crippen molar-refractivity contribution in [2.24, 2.45) is 0 Å². The summed E-state index contributed by atoms with van der Waals surface area (Å²) in [5, 5.41) is 2.89. The zero-order valence-electron chi connectivity index (χ0n) is 18.6. The summed E-state index contributed by atoms with van der Waals surface area (Å²) in [7, 11) is 1.35. The first-order valence-corrected chi connectivity index (χ1v) is 10.9. The molecule has 1 amide bonds. The second-order valence-corrected chi connectivity index (χ2v) is 7.84. The summed E-state index contributed by atoms with van der Waals surface area (Å²) in [5.41, 5.74) is 9.36. The molecule has 0 atom stereocenters. The highest BCUT2D eigenvalue weighted by Crippen LogP contribution is 2.31. The normalized spacial score (nSPS) is 14.0. The lowest BCUT2D eigenvalue weighted by Gasteiger charge is -2.20. The Morgan fingerprint density at radius 2 is 1.91 bits per heavy atom. The van der Waals surface area contributed by atoms with E-state index in [1.54, 1.807) is 24.4 Å². The number of fused-ring (bicyclic) bond motifs is 1. The molecule has 4 heterocycles. The highest BCUT2D eigenvalue weighted by molar-refractivity contribution is 5.90. The second-order valence-electron chi connectivity index (χ2n) is 7.84. The minimum atomic E-state index is -0.413. The summed E-state index contributed by atoms with van der Waals surface area (Å²) in [6.07, 6.45) is 2.04. The Morgan fingerprint density at radius 3 is 2.68 bits per heavy atom. The number of nitrogens with two attached hydrogens (primary N) is 1. The number of hydrogen-bond donors (Lipinski definition) is 2. The van der Waals surface area contributed by atoms with Crippen LogP contribution in [0.2, 0.25) is 0 Å². The van der Waals surface area contributed by atoms with Crippen molar-refractivity contribution in [3.63, 3.8) is 0 Å². The summed E-state index contributed by atoms with van der Waals surface area (Å²) >= 11 is 0. The summed E-state index contributed by atoms with van der Waals surface area (Å²) in [5.74, 6) is 1.31. The zero-order chi connectivity index (χ0) is 23.7. The van der Waals surface area contributed by atoms with E-state index in [0.717, 1.165) is 11.5 Å². The number of pyridine rings is 2. The van der Waals surface area contributed by atoms with Gasteiger partial charge in [0.05, 0.1) is 18.2 Å². The van der Waals surface area contributed by atoms with Crippen molar-refractivity contribution in [1.82, 2.24) is 24.8 Å². The number of esters is 1. The van der Waals surface area contributed by atoms with Crippen molar-refractivity contribution in [2.75, 3.05) is 37.4 Å². The van der Waals surface area contributed by atoms with E-state index in [2.05, 4.69) is 15.2 Å². The molecule has 34 heavy (non-hydrogen) atoms. The highest BCUT2D eigenvalue weighted by Gasteiger charge is 2.21. The van der Waals surface area contributed by atoms with Gasteiger partial charge in [-0.3, -0.25) is 9.36 Å². The summed E-state index contributed by atoms with van der Waals surface area (Å²) < 4.78 is 6.71. The number of rotatable bonds is 4. The van der Waals surface area contributed by atoms with Crippen LogP contribution in [-0.2, 0) is 9.53 Å². The third-order valence-electron chi connectivity index (χ3n) is 5.75. The zero-order valence-corrected chi connectivity index (χ0v) is 18.6. The minimum Gasteiger partial charge on any atom is -0.465 e. The van der Waals surface area contributed by atoms with Crippen molar-refractivity contribution in [1.29, 1.82) is 0 Å². The Bertz CT molecular complexity index is 1380. The van der Waals surface area contributed by atoms with E-state index in [1.165, 1.54) is 7.11 Å². The van der Waals surface area contributed by atoms with Gasteiger partial charge in [-0.15, -0.1) is 0 Å². The molecule has 0 bridgehead atoms. The molecule has 1 aliphatic rings. The molecule has 3 aromatic heterocycles. The lowest BCUT2D eigenvalue weighted by molar-refractivity contribution is -0.120. The molecule has 1 aliphatic heterocycles. The van der Waals surface area contributed by atoms with E-state index in [0.29, 0.717) is 60.0 Å². The minimum absolute atomic E-state index is 0.0358. The van der Waals surface area contributed by atoms with E-state index >= 15 is 0 Å². The van der Waals surface area contributed by atoms with Crippen molar-refractivity contribution in [2.45, 2.75) is 6.42 Å². The number of nitrogens with one attached hydrogen (secondary N) is 1. The van der Waals surface area contributed by atoms with Crippen LogP contribution < -0.4 is 16.0 Å². The molecule has 0 spiro atoms. The Morgan fingerprint density at radius 1 is 1.09 bits per heavy atom. The molecule has 4 aromatic rings. The first-order valence-electron chi connectivity index (χ1n) is 10.9. The lowest BCUT2D eigenvalue weighted by Crippen LogP contribution is -2.29. The number of nitrogen functional groups attached to an aromatic ring is 1. The average molecular weight is 457 g/mol. The van der Waals surface area contributed by atoms with Gasteiger partial charge in [0.15, 0.2) is 11.5 Å². The van der Waals surface area contributed by atoms with E-state index in [-0.39, 0.29) is 5.91 Å². The topological polar surface area (TPSA) is 128 Å². The molecule has 10 nitrogen and oxygen atoms in total. The molecule has 10 heteroatoms. The van der Waals surface area contributed by atoms with E-state index in [4.69, 9.17) is 20.4 Å². The molecule has 0 aliphatic carbocycles. The Kier molecular flexibility index (Phi) is 5.54. The first-order chi connectivity index (χ1) is 16.5. The van der Waals surface area contributed by atoms with Gasteiger partial charge >= 0.3 is 5.97 Å². The predicted molar refractivity (Wildman–Crippen MR) is 128 cm³/mol. The summed E-state index contributed by atoms with van der Waals surface area (Å²) in [6, 6.07) is 14.5. The van der Waals surface area contributed by atoms with Gasteiger partial charge in [-0.05, 0) is 48.5 Å². The van der Waals surface area contributed by atoms with Gasteiger partial charge in [-0.25, -0.2) is 19.7 Å². The summed E-state index contributed by atoms with van der Waals surface area (Å²) in [6.45, 7) is 1.80. The van der Waals surface area contributed by atoms with Crippen molar-refractivity contribution >= 4 is 34.7 Å². The number of methoxy groups -OCH3 is 1. The maximum Gasteiger partial charge on any atom is 0.337 e. The predicted octanol–water partition coefficient (Wildman–Crippen LogP) is 2.18. The molecule has 172 valence electrons. The van der Waals surface area contributed by atoms with Crippen LogP contribution in [0, 0.1) is 0 Å². The van der Waals surface area contributed by atoms with Crippen LogP contribution in [0.15, 0.2) is 54.7 Å². The number of nitrogens with zero attached hydrogens (tertiary/aromatic N) is 5. The number of amides is 1. The van der Waals surface area contributed by atoms with Crippen LogP contribution in [0.1, 0.15) is 16.8 Å². The average Bonchev–Trinajstić information content (AvgIpc) is 3.10. The van der Waals surface area contributed by atoms with Crippen LogP contribution in [0.25, 0.3) is 28.2 Å². The third-order valence-corrected chi connectivity index (χ3v) is 5.75. The van der Waals surface area contributed by atoms with Gasteiger partial charge in [0.25, 0.3) is 0 Å². The monoisotopic (exact) mass is 457 g/mol. The SMILES string of the molecule is COC(=O)c1ccc(-n2c(-c3cccnc3N)nc3ccc(N4CCNC(=O)CC4)nc32)cc1. The van der Waals surface area contributed by atoms with E-state index in [9.17, 15) is 9.59 Å². The number of carbonyl (C=O) groups is 2. The second kappa shape index (κ2) is 8.81. The highest BCUT2D eigenvalue weighted by atomic mass is 16.5. The van der Waals surface area contributed by atoms with E-state index < -0.39 is 5.97 Å². The van der Waals surface area contributed by atoms with Crippen LogP contribution in [0.5, 0.6) is 0 Å². The number of benzene rings is 1. The standard InChI is InChI=1S/C24H23N7O3/c1-34-24(33)15-4-6-16(7-5-15)31-22(17-3-2-11-27-21(17)25)28-18-8-9-19(29-23(18)31)30-13-10-20(32)26-12-14-30/h2-9,11H,10,12-14H2,1H3,(H2,25,27)(H,26,32). The Labute approximate surface area is 195 Å². The maximum atomic E-state index is 11.9. The molecule has 5 rings (SSSR count). The molecule has 1 fully saturated rings. The van der Waals surface area contributed by atoms with E-state index in [1.807, 2.05) is 34.9 Å². The maximum absolute atomic E-state index is 11.9. The number of imidazole rings is 1. The summed E-state index contributed by atoms with van der Waals surface area (Å²) in [4.78, 5) is 39.7. The quantitative estimate of drug-likeness (QED) is 0.446. The van der Waals surface area contributed by atoms with Crippen molar-refractivity contribution < 1.29 is 14.3 Å². The number of aromatic nitrogens is 4. The van der Waals surface area contributed by atoms with Gasteiger partial charge < -0.3 is 20.7 Å².